The minimum atomic E-state index is 0.0423. The van der Waals surface area contributed by atoms with Crippen LogP contribution in [-0.2, 0) is 11.2 Å². The molecule has 3 heteroatoms. The summed E-state index contributed by atoms with van der Waals surface area (Å²) in [6.45, 7) is 4.19. The Balaban J connectivity index is 2.78. The molecule has 0 saturated carbocycles. The molecular formula is C13H22N2O. The van der Waals surface area contributed by atoms with E-state index in [1.807, 2.05) is 6.92 Å². The van der Waals surface area contributed by atoms with E-state index in [4.69, 9.17) is 10.6 Å². The number of hydrogen-bond acceptors (Lipinski definition) is 3. The molecule has 0 fully saturated rings. The number of aryl methyl sites for hydroxylation is 1. The summed E-state index contributed by atoms with van der Waals surface area (Å²) in [4.78, 5) is 0. The molecule has 0 aliphatic rings. The van der Waals surface area contributed by atoms with E-state index >= 15 is 0 Å². The van der Waals surface area contributed by atoms with E-state index in [9.17, 15) is 0 Å². The van der Waals surface area contributed by atoms with Crippen molar-refractivity contribution >= 4 is 0 Å². The third kappa shape index (κ3) is 3.30. The van der Waals surface area contributed by atoms with Crippen molar-refractivity contribution in [3.63, 3.8) is 0 Å². The Labute approximate surface area is 98.0 Å². The van der Waals surface area contributed by atoms with Crippen LogP contribution in [0.4, 0.5) is 0 Å². The predicted octanol–water partition coefficient (Wildman–Crippen LogP) is 2.18. The molecule has 0 heterocycles. The summed E-state index contributed by atoms with van der Waals surface area (Å²) in [5.74, 6) is 5.55. The lowest BCUT2D eigenvalue weighted by Crippen LogP contribution is -2.36. The summed E-state index contributed by atoms with van der Waals surface area (Å²) in [6.07, 6.45) is 2.36. The van der Waals surface area contributed by atoms with Crippen molar-refractivity contribution in [2.24, 2.45) is 5.84 Å². The van der Waals surface area contributed by atoms with Crippen LogP contribution in [0.3, 0.4) is 0 Å². The van der Waals surface area contributed by atoms with Crippen LogP contribution in [0.25, 0.3) is 0 Å². The number of hydrogen-bond donors (Lipinski definition) is 2. The molecule has 1 rings (SSSR count). The first-order chi connectivity index (χ1) is 7.72. The van der Waals surface area contributed by atoms with Crippen LogP contribution in [0.2, 0.25) is 0 Å². The molecule has 90 valence electrons. The molecule has 1 aromatic rings. The minimum absolute atomic E-state index is 0.0423. The first-order valence-electron chi connectivity index (χ1n) is 5.80. The summed E-state index contributed by atoms with van der Waals surface area (Å²) < 4.78 is 5.29. The maximum Gasteiger partial charge on any atom is 0.0750 e. The van der Waals surface area contributed by atoms with Crippen LogP contribution >= 0.6 is 0 Å². The van der Waals surface area contributed by atoms with E-state index in [0.717, 1.165) is 12.0 Å². The number of benzene rings is 1. The maximum absolute atomic E-state index is 5.55. The first kappa shape index (κ1) is 13.2. The van der Waals surface area contributed by atoms with Crippen molar-refractivity contribution < 1.29 is 4.74 Å². The third-order valence-corrected chi connectivity index (χ3v) is 2.90. The second-order valence-corrected chi connectivity index (χ2v) is 4.08. The number of nitrogens with one attached hydrogen (secondary N) is 1. The maximum atomic E-state index is 5.55. The summed E-state index contributed by atoms with van der Waals surface area (Å²) in [5.41, 5.74) is 5.33. The van der Waals surface area contributed by atoms with Gasteiger partial charge in [0.1, 0.15) is 0 Å². The quantitative estimate of drug-likeness (QED) is 0.573. The topological polar surface area (TPSA) is 47.3 Å². The van der Waals surface area contributed by atoms with Crippen LogP contribution < -0.4 is 11.3 Å². The molecule has 16 heavy (non-hydrogen) atoms. The number of hydrazine groups is 1. The summed E-state index contributed by atoms with van der Waals surface area (Å²) in [7, 11) is 1.69. The van der Waals surface area contributed by atoms with Gasteiger partial charge in [-0.15, -0.1) is 0 Å². The fourth-order valence-corrected chi connectivity index (χ4v) is 1.82. The van der Waals surface area contributed by atoms with Gasteiger partial charge in [-0.05, 0) is 24.5 Å². The number of rotatable bonds is 6. The normalized spacial score (nSPS) is 14.8. The lowest BCUT2D eigenvalue weighted by atomic mass is 10.00. The number of methoxy groups -OCH3 is 1. The lowest BCUT2D eigenvalue weighted by molar-refractivity contribution is 0.0831. The van der Waals surface area contributed by atoms with Gasteiger partial charge in [0.25, 0.3) is 0 Å². The van der Waals surface area contributed by atoms with Gasteiger partial charge in [0, 0.05) is 7.11 Å². The predicted molar refractivity (Wildman–Crippen MR) is 67.0 cm³/mol. The van der Waals surface area contributed by atoms with E-state index in [-0.39, 0.29) is 12.1 Å². The first-order valence-corrected chi connectivity index (χ1v) is 5.80. The molecule has 0 amide bonds. The van der Waals surface area contributed by atoms with E-state index in [1.54, 1.807) is 7.11 Å². The van der Waals surface area contributed by atoms with Gasteiger partial charge in [-0.3, -0.25) is 11.3 Å². The Morgan fingerprint density at radius 1 is 1.31 bits per heavy atom. The van der Waals surface area contributed by atoms with Crippen molar-refractivity contribution in [3.05, 3.63) is 35.4 Å². The monoisotopic (exact) mass is 222 g/mol. The van der Waals surface area contributed by atoms with Gasteiger partial charge < -0.3 is 4.74 Å². The zero-order valence-electron chi connectivity index (χ0n) is 10.4. The Morgan fingerprint density at radius 3 is 2.38 bits per heavy atom. The van der Waals surface area contributed by atoms with Gasteiger partial charge in [-0.2, -0.15) is 0 Å². The minimum Gasteiger partial charge on any atom is -0.380 e. The Hall–Kier alpha value is -0.900. The van der Waals surface area contributed by atoms with Crippen molar-refractivity contribution in [1.29, 1.82) is 0 Å². The Bertz CT molecular complexity index is 297. The van der Waals surface area contributed by atoms with Gasteiger partial charge >= 0.3 is 0 Å². The third-order valence-electron chi connectivity index (χ3n) is 2.90. The number of ether oxygens (including phenoxy) is 1. The van der Waals surface area contributed by atoms with Crippen molar-refractivity contribution in [2.75, 3.05) is 7.11 Å². The van der Waals surface area contributed by atoms with Crippen LogP contribution in [0.5, 0.6) is 0 Å². The Kier molecular flexibility index (Phi) is 5.46. The van der Waals surface area contributed by atoms with Crippen molar-refractivity contribution in [3.8, 4) is 0 Å². The molecule has 2 unspecified atom stereocenters. The second kappa shape index (κ2) is 6.63. The highest BCUT2D eigenvalue weighted by atomic mass is 16.5. The van der Waals surface area contributed by atoms with Gasteiger partial charge in [0.2, 0.25) is 0 Å². The fourth-order valence-electron chi connectivity index (χ4n) is 1.82. The standard InChI is InChI=1S/C13H22N2O/c1-4-5-11-6-8-12(9-7-11)13(15-14)10(2)16-3/h6-10,13,15H,4-5,14H2,1-3H3. The molecule has 1 aromatic carbocycles. The fraction of sp³-hybridized carbons (Fsp3) is 0.538. The van der Waals surface area contributed by atoms with Crippen molar-refractivity contribution in [1.82, 2.24) is 5.43 Å². The molecule has 0 radical (unpaired) electrons. The molecule has 3 nitrogen and oxygen atoms in total. The van der Waals surface area contributed by atoms with Gasteiger partial charge in [0.05, 0.1) is 12.1 Å². The zero-order valence-corrected chi connectivity index (χ0v) is 10.4. The average molecular weight is 222 g/mol. The highest BCUT2D eigenvalue weighted by molar-refractivity contribution is 5.25. The summed E-state index contributed by atoms with van der Waals surface area (Å²) in [5, 5.41) is 0. The van der Waals surface area contributed by atoms with Gasteiger partial charge in [0.15, 0.2) is 0 Å². The molecular weight excluding hydrogens is 200 g/mol. The average Bonchev–Trinajstić information content (AvgIpc) is 2.32. The molecule has 0 spiro atoms. The highest BCUT2D eigenvalue weighted by Crippen LogP contribution is 2.18. The van der Waals surface area contributed by atoms with E-state index in [0.29, 0.717) is 0 Å². The van der Waals surface area contributed by atoms with E-state index in [2.05, 4.69) is 36.6 Å². The lowest BCUT2D eigenvalue weighted by Gasteiger charge is -2.22. The largest absolute Gasteiger partial charge is 0.380 e. The van der Waals surface area contributed by atoms with Gasteiger partial charge in [-0.1, -0.05) is 37.6 Å². The molecule has 3 N–H and O–H groups in total. The van der Waals surface area contributed by atoms with Crippen LogP contribution in [0.15, 0.2) is 24.3 Å². The number of nitrogens with two attached hydrogens (primary N) is 1. The highest BCUT2D eigenvalue weighted by Gasteiger charge is 2.16. The molecule has 0 saturated heterocycles. The van der Waals surface area contributed by atoms with E-state index in [1.165, 1.54) is 12.0 Å². The van der Waals surface area contributed by atoms with Crippen LogP contribution in [-0.4, -0.2) is 13.2 Å². The summed E-state index contributed by atoms with van der Waals surface area (Å²) in [6, 6.07) is 8.59. The molecule has 2 atom stereocenters. The molecule has 0 aromatic heterocycles. The smallest absolute Gasteiger partial charge is 0.0750 e. The van der Waals surface area contributed by atoms with Gasteiger partial charge in [-0.25, -0.2) is 0 Å². The Morgan fingerprint density at radius 2 is 1.94 bits per heavy atom. The second-order valence-electron chi connectivity index (χ2n) is 4.08. The molecule has 0 bridgehead atoms. The molecule has 0 aliphatic carbocycles. The van der Waals surface area contributed by atoms with Crippen molar-refractivity contribution in [2.45, 2.75) is 38.8 Å². The van der Waals surface area contributed by atoms with Crippen LogP contribution in [0.1, 0.15) is 37.4 Å². The van der Waals surface area contributed by atoms with E-state index < -0.39 is 0 Å². The SMILES string of the molecule is CCCc1ccc(C(NN)C(C)OC)cc1. The molecule has 0 aliphatic heterocycles. The summed E-state index contributed by atoms with van der Waals surface area (Å²) >= 11 is 0. The zero-order chi connectivity index (χ0) is 12.0. The van der Waals surface area contributed by atoms with Crippen LogP contribution in [0, 0.1) is 0 Å².